The predicted octanol–water partition coefficient (Wildman–Crippen LogP) is 0.337. The molecule has 0 bridgehead atoms. The molecule has 3 N–H and O–H groups in total. The maximum atomic E-state index is 12.9. The van der Waals surface area contributed by atoms with Crippen LogP contribution in [0.5, 0.6) is 0 Å². The van der Waals surface area contributed by atoms with Crippen LogP contribution in [-0.4, -0.2) is 66.3 Å². The molecule has 0 saturated carbocycles. The summed E-state index contributed by atoms with van der Waals surface area (Å²) in [6.45, 7) is 6.67. The first-order valence-corrected chi connectivity index (χ1v) is 9.57. The highest BCUT2D eigenvalue weighted by Crippen LogP contribution is 2.26. The normalized spacial score (nSPS) is 24.1. The second kappa shape index (κ2) is 9.17. The van der Waals surface area contributed by atoms with E-state index in [2.05, 4.69) is 19.2 Å². The number of carbonyl (C=O) groups is 3. The SMILES string of the molecule is CCC(CC)N1CC(C(=O)N2CCCC(C(=O)NCCN)C2)CC1=O. The van der Waals surface area contributed by atoms with Gasteiger partial charge in [-0.25, -0.2) is 0 Å². The van der Waals surface area contributed by atoms with Crippen molar-refractivity contribution in [2.45, 2.75) is 52.0 Å². The average molecular weight is 352 g/mol. The van der Waals surface area contributed by atoms with Crippen molar-refractivity contribution >= 4 is 17.7 Å². The number of rotatable bonds is 7. The zero-order valence-corrected chi connectivity index (χ0v) is 15.5. The Balaban J connectivity index is 1.94. The molecule has 0 spiro atoms. The number of nitrogens with one attached hydrogen (secondary N) is 1. The van der Waals surface area contributed by atoms with Gasteiger partial charge in [-0.1, -0.05) is 13.8 Å². The average Bonchev–Trinajstić information content (AvgIpc) is 3.02. The lowest BCUT2D eigenvalue weighted by molar-refractivity contribution is -0.139. The van der Waals surface area contributed by atoms with Crippen molar-refractivity contribution in [3.63, 3.8) is 0 Å². The number of likely N-dealkylation sites (tertiary alicyclic amines) is 2. The van der Waals surface area contributed by atoms with Crippen LogP contribution in [0.15, 0.2) is 0 Å². The molecule has 0 aliphatic carbocycles. The molecule has 142 valence electrons. The molecule has 0 aromatic carbocycles. The van der Waals surface area contributed by atoms with Crippen molar-refractivity contribution in [2.75, 3.05) is 32.7 Å². The first-order valence-electron chi connectivity index (χ1n) is 9.57. The zero-order chi connectivity index (χ0) is 18.4. The van der Waals surface area contributed by atoms with E-state index in [4.69, 9.17) is 5.73 Å². The Labute approximate surface area is 150 Å². The summed E-state index contributed by atoms with van der Waals surface area (Å²) in [4.78, 5) is 41.0. The van der Waals surface area contributed by atoms with Crippen molar-refractivity contribution in [3.8, 4) is 0 Å². The molecule has 25 heavy (non-hydrogen) atoms. The van der Waals surface area contributed by atoms with Crippen LogP contribution in [0.25, 0.3) is 0 Å². The highest BCUT2D eigenvalue weighted by molar-refractivity contribution is 5.90. The van der Waals surface area contributed by atoms with Crippen molar-refractivity contribution in [2.24, 2.45) is 17.6 Å². The summed E-state index contributed by atoms with van der Waals surface area (Å²) in [6, 6.07) is 0.224. The fraction of sp³-hybridized carbons (Fsp3) is 0.833. The number of amides is 3. The molecule has 0 aromatic heterocycles. The molecule has 2 heterocycles. The van der Waals surface area contributed by atoms with Gasteiger partial charge < -0.3 is 20.9 Å². The van der Waals surface area contributed by atoms with Crippen molar-refractivity contribution in [1.29, 1.82) is 0 Å². The van der Waals surface area contributed by atoms with Crippen LogP contribution >= 0.6 is 0 Å². The van der Waals surface area contributed by atoms with Gasteiger partial charge >= 0.3 is 0 Å². The molecule has 2 fully saturated rings. The summed E-state index contributed by atoms with van der Waals surface area (Å²) >= 11 is 0. The molecule has 0 aromatic rings. The highest BCUT2D eigenvalue weighted by atomic mass is 16.2. The van der Waals surface area contributed by atoms with Crippen LogP contribution in [0.4, 0.5) is 0 Å². The van der Waals surface area contributed by atoms with E-state index in [0.717, 1.165) is 25.7 Å². The Morgan fingerprint density at radius 3 is 2.60 bits per heavy atom. The van der Waals surface area contributed by atoms with E-state index in [1.54, 1.807) is 4.90 Å². The van der Waals surface area contributed by atoms with E-state index in [0.29, 0.717) is 39.1 Å². The third-order valence-corrected chi connectivity index (χ3v) is 5.44. The minimum Gasteiger partial charge on any atom is -0.355 e. The number of hydrogen-bond donors (Lipinski definition) is 2. The highest BCUT2D eigenvalue weighted by Gasteiger charge is 2.40. The van der Waals surface area contributed by atoms with Crippen molar-refractivity contribution < 1.29 is 14.4 Å². The van der Waals surface area contributed by atoms with E-state index >= 15 is 0 Å². The zero-order valence-electron chi connectivity index (χ0n) is 15.5. The van der Waals surface area contributed by atoms with Gasteiger partial charge in [0.15, 0.2) is 0 Å². The second-order valence-electron chi connectivity index (χ2n) is 7.12. The first kappa shape index (κ1) is 19.7. The van der Waals surface area contributed by atoms with Gasteiger partial charge in [-0.3, -0.25) is 14.4 Å². The third-order valence-electron chi connectivity index (χ3n) is 5.44. The molecule has 7 nitrogen and oxygen atoms in total. The van der Waals surface area contributed by atoms with Gasteiger partial charge in [-0.2, -0.15) is 0 Å². The molecule has 2 saturated heterocycles. The van der Waals surface area contributed by atoms with Gasteiger partial charge in [0.1, 0.15) is 0 Å². The molecule has 3 amide bonds. The van der Waals surface area contributed by atoms with Crippen LogP contribution in [0.2, 0.25) is 0 Å². The summed E-state index contributed by atoms with van der Waals surface area (Å²) < 4.78 is 0. The molecule has 2 aliphatic heterocycles. The monoisotopic (exact) mass is 352 g/mol. The maximum absolute atomic E-state index is 12.9. The number of carbonyl (C=O) groups excluding carboxylic acids is 3. The van der Waals surface area contributed by atoms with Gasteiger partial charge in [0.2, 0.25) is 17.7 Å². The van der Waals surface area contributed by atoms with Crippen LogP contribution in [0.1, 0.15) is 46.0 Å². The van der Waals surface area contributed by atoms with Crippen LogP contribution in [-0.2, 0) is 14.4 Å². The van der Waals surface area contributed by atoms with E-state index in [-0.39, 0.29) is 35.6 Å². The van der Waals surface area contributed by atoms with Gasteiger partial charge in [0.25, 0.3) is 0 Å². The number of piperidine rings is 1. The molecule has 2 rings (SSSR count). The van der Waals surface area contributed by atoms with E-state index in [9.17, 15) is 14.4 Å². The molecule has 7 heteroatoms. The number of nitrogens with two attached hydrogens (primary N) is 1. The summed E-state index contributed by atoms with van der Waals surface area (Å²) in [6.07, 6.45) is 3.75. The Hall–Kier alpha value is -1.63. The summed E-state index contributed by atoms with van der Waals surface area (Å²) in [5.74, 6) is -0.348. The summed E-state index contributed by atoms with van der Waals surface area (Å²) in [5.41, 5.74) is 5.42. The molecule has 0 radical (unpaired) electrons. The predicted molar refractivity (Wildman–Crippen MR) is 95.6 cm³/mol. The third kappa shape index (κ3) is 4.71. The maximum Gasteiger partial charge on any atom is 0.228 e. The smallest absolute Gasteiger partial charge is 0.228 e. The fourth-order valence-corrected chi connectivity index (χ4v) is 3.97. The van der Waals surface area contributed by atoms with Gasteiger partial charge in [-0.05, 0) is 25.7 Å². The Morgan fingerprint density at radius 1 is 1.24 bits per heavy atom. The van der Waals surface area contributed by atoms with E-state index in [1.165, 1.54) is 0 Å². The largest absolute Gasteiger partial charge is 0.355 e. The van der Waals surface area contributed by atoms with Crippen LogP contribution < -0.4 is 11.1 Å². The van der Waals surface area contributed by atoms with Gasteiger partial charge in [0.05, 0.1) is 11.8 Å². The topological polar surface area (TPSA) is 95.7 Å². The summed E-state index contributed by atoms with van der Waals surface area (Å²) in [7, 11) is 0. The van der Waals surface area contributed by atoms with E-state index < -0.39 is 0 Å². The minimum atomic E-state index is -0.265. The number of hydrogen-bond acceptors (Lipinski definition) is 4. The fourth-order valence-electron chi connectivity index (χ4n) is 3.97. The first-order chi connectivity index (χ1) is 12.0. The quantitative estimate of drug-likeness (QED) is 0.690. The Kier molecular flexibility index (Phi) is 7.23. The van der Waals surface area contributed by atoms with Gasteiger partial charge in [0, 0.05) is 45.2 Å². The van der Waals surface area contributed by atoms with Gasteiger partial charge in [-0.15, -0.1) is 0 Å². The van der Waals surface area contributed by atoms with E-state index in [1.807, 2.05) is 4.90 Å². The lowest BCUT2D eigenvalue weighted by Crippen LogP contribution is -2.48. The lowest BCUT2D eigenvalue weighted by Gasteiger charge is -2.34. The standard InChI is InChI=1S/C18H32N4O3/c1-3-15(4-2)22-12-14(10-16(22)23)18(25)21-9-5-6-13(11-21)17(24)20-8-7-19/h13-15H,3-12,19H2,1-2H3,(H,20,24). The van der Waals surface area contributed by atoms with Crippen LogP contribution in [0.3, 0.4) is 0 Å². The summed E-state index contributed by atoms with van der Waals surface area (Å²) in [5, 5.41) is 2.81. The minimum absolute atomic E-state index is 0.0240. The van der Waals surface area contributed by atoms with Crippen LogP contribution in [0, 0.1) is 11.8 Å². The number of nitrogens with zero attached hydrogens (tertiary/aromatic N) is 2. The molecular weight excluding hydrogens is 320 g/mol. The lowest BCUT2D eigenvalue weighted by atomic mass is 9.95. The Bertz CT molecular complexity index is 493. The van der Waals surface area contributed by atoms with Crippen molar-refractivity contribution in [3.05, 3.63) is 0 Å². The second-order valence-corrected chi connectivity index (χ2v) is 7.12. The molecular formula is C18H32N4O3. The Morgan fingerprint density at radius 2 is 1.96 bits per heavy atom. The van der Waals surface area contributed by atoms with Crippen molar-refractivity contribution in [1.82, 2.24) is 15.1 Å². The molecule has 2 unspecified atom stereocenters. The molecule has 2 aliphatic rings. The molecule has 2 atom stereocenters.